The van der Waals surface area contributed by atoms with Crippen LogP contribution in [0.2, 0.25) is 0 Å². The van der Waals surface area contributed by atoms with Crippen molar-refractivity contribution < 1.29 is 85.7 Å². The average molecular weight is 672 g/mol. The van der Waals surface area contributed by atoms with Crippen molar-refractivity contribution in [3.8, 4) is 17.2 Å². The van der Waals surface area contributed by atoms with Gasteiger partial charge in [0.1, 0.15) is 17.2 Å². The maximum Gasteiger partial charge on any atom is 3.00 e. The molecule has 0 fully saturated rings. The predicted molar refractivity (Wildman–Crippen MR) is 141 cm³/mol. The number of carbonyl (C=O) groups is 3. The Balaban J connectivity index is 0.000000563. The van der Waals surface area contributed by atoms with E-state index in [1.165, 1.54) is 18.2 Å². The molecule has 205 valence electrons. The summed E-state index contributed by atoms with van der Waals surface area (Å²) in [7, 11) is 4.73. The minimum absolute atomic E-state index is 0. The van der Waals surface area contributed by atoms with E-state index in [1.807, 2.05) is 0 Å². The zero-order valence-corrected chi connectivity index (χ0v) is 25.2. The van der Waals surface area contributed by atoms with Crippen LogP contribution in [0.1, 0.15) is 16.7 Å². The van der Waals surface area contributed by atoms with Gasteiger partial charge in [0.15, 0.2) is 0 Å². The van der Waals surface area contributed by atoms with E-state index >= 15 is 0 Å². The van der Waals surface area contributed by atoms with E-state index in [4.69, 9.17) is 14.2 Å². The van der Waals surface area contributed by atoms with Crippen LogP contribution >= 0.6 is 0 Å². The molecule has 3 aromatic rings. The molecule has 0 aliphatic rings. The molecule has 0 heterocycles. The van der Waals surface area contributed by atoms with Gasteiger partial charge in [0, 0.05) is 0 Å². The van der Waals surface area contributed by atoms with Gasteiger partial charge in [-0.1, -0.05) is 54.6 Å². The van der Waals surface area contributed by atoms with Crippen molar-refractivity contribution >= 4 is 36.1 Å². The third-order valence-electron chi connectivity index (χ3n) is 4.58. The Kier molecular flexibility index (Phi) is 18.9. The van der Waals surface area contributed by atoms with Gasteiger partial charge in [-0.2, -0.15) is 0 Å². The smallest absolute Gasteiger partial charge is 0.545 e. The van der Waals surface area contributed by atoms with Crippen molar-refractivity contribution in [1.29, 1.82) is 0 Å². The predicted octanol–water partition coefficient (Wildman–Crippen LogP) is 1.37. The molecule has 0 aliphatic heterocycles. The Hall–Kier alpha value is -3.93. The number of carboxylic acids is 3. The zero-order valence-electron chi connectivity index (χ0n) is 22.1. The average Bonchev–Trinajstić information content (AvgIpc) is 2.95. The first-order valence-electron chi connectivity index (χ1n) is 11.3. The number of hydrogen-bond donors (Lipinski definition) is 0. The van der Waals surface area contributed by atoms with Crippen LogP contribution in [0.15, 0.2) is 91.0 Å². The number of benzene rings is 3. The molecule has 0 N–H and O–H groups in total. The molecule has 0 amide bonds. The molecule has 0 spiro atoms. The monoisotopic (exact) mass is 671 g/mol. The summed E-state index contributed by atoms with van der Waals surface area (Å²) in [5.41, 5.74) is 2.39. The van der Waals surface area contributed by atoms with E-state index < -0.39 is 17.9 Å². The van der Waals surface area contributed by atoms with Crippen molar-refractivity contribution in [3.63, 3.8) is 0 Å². The number of carbonyl (C=O) groups excluding carboxylic acids is 3. The van der Waals surface area contributed by atoms with Gasteiger partial charge >= 0.3 is 41.7 Å². The van der Waals surface area contributed by atoms with Crippen LogP contribution in [0.25, 0.3) is 18.2 Å². The van der Waals surface area contributed by atoms with Crippen molar-refractivity contribution in [2.45, 2.75) is 0 Å². The van der Waals surface area contributed by atoms with Crippen LogP contribution < -0.4 is 29.5 Å². The van der Waals surface area contributed by atoms with Crippen molar-refractivity contribution in [1.82, 2.24) is 0 Å². The molecule has 0 atom stereocenters. The largest absolute Gasteiger partial charge is 3.00 e. The molecule has 1 radical (unpaired) electrons. The Morgan fingerprint density at radius 3 is 0.825 bits per heavy atom. The molecule has 40 heavy (non-hydrogen) atoms. The third-order valence-corrected chi connectivity index (χ3v) is 4.58. The summed E-state index contributed by atoms with van der Waals surface area (Å²) < 4.78 is 14.8. The fourth-order valence-corrected chi connectivity index (χ4v) is 2.64. The minimum Gasteiger partial charge on any atom is -0.545 e. The van der Waals surface area contributed by atoms with Crippen LogP contribution in [0.5, 0.6) is 17.2 Å². The van der Waals surface area contributed by atoms with E-state index in [0.29, 0.717) is 0 Å². The molecule has 0 saturated heterocycles. The second-order valence-electron chi connectivity index (χ2n) is 7.28. The molecule has 3 rings (SSSR count). The van der Waals surface area contributed by atoms with E-state index in [1.54, 1.807) is 94.1 Å². The molecule has 3 aromatic carbocycles. The quantitative estimate of drug-likeness (QED) is 0.308. The Morgan fingerprint density at radius 2 is 0.675 bits per heavy atom. The van der Waals surface area contributed by atoms with Gasteiger partial charge in [-0.25, -0.2) is 0 Å². The molecule has 0 bridgehead atoms. The fraction of sp³-hybridized carbons (Fsp3) is 0.100. The first kappa shape index (κ1) is 36.1. The summed E-state index contributed by atoms with van der Waals surface area (Å²) in [6.07, 6.45) is 7.36. The Bertz CT molecular complexity index is 1100. The topological polar surface area (TPSA) is 148 Å². The summed E-state index contributed by atoms with van der Waals surface area (Å²) in [5.74, 6) is -1.37. The summed E-state index contributed by atoms with van der Waals surface area (Å²) in [5, 5.41) is 30.2. The number of aliphatic carboxylic acids is 3. The molecule has 0 aromatic heterocycles. The third kappa shape index (κ3) is 16.8. The number of ether oxygens (including phenoxy) is 3. The van der Waals surface area contributed by atoms with Gasteiger partial charge in [-0.05, 0) is 71.3 Å². The SMILES string of the molecule is COc1ccc(/C=C/C(=O)[O-])cc1.COc1ccc(/C=C/C(=O)[O-])cc1.COc1ccc(/C=C/C(=O)[O-])cc1.[Ce+3]. The number of rotatable bonds is 9. The number of methoxy groups -OCH3 is 3. The fourth-order valence-electron chi connectivity index (χ4n) is 2.64. The van der Waals surface area contributed by atoms with Crippen LogP contribution in [-0.4, -0.2) is 39.2 Å². The molecular formula is C30H27CeO9. The molecule has 10 heteroatoms. The second-order valence-corrected chi connectivity index (χ2v) is 7.28. The van der Waals surface area contributed by atoms with Crippen LogP contribution in [0.3, 0.4) is 0 Å². The number of carboxylic acid groups (broad SMARTS) is 3. The van der Waals surface area contributed by atoms with Crippen molar-refractivity contribution in [2.24, 2.45) is 0 Å². The Morgan fingerprint density at radius 1 is 0.475 bits per heavy atom. The maximum atomic E-state index is 10.1. The van der Waals surface area contributed by atoms with Crippen LogP contribution in [0, 0.1) is 41.7 Å². The zero-order chi connectivity index (χ0) is 29.0. The number of hydrogen-bond acceptors (Lipinski definition) is 9. The van der Waals surface area contributed by atoms with E-state index in [9.17, 15) is 29.7 Å². The van der Waals surface area contributed by atoms with Crippen LogP contribution in [-0.2, 0) is 14.4 Å². The van der Waals surface area contributed by atoms with Crippen LogP contribution in [0.4, 0.5) is 0 Å². The second kappa shape index (κ2) is 21.0. The molecular weight excluding hydrogens is 644 g/mol. The summed E-state index contributed by atoms with van der Waals surface area (Å²) in [4.78, 5) is 30.2. The molecule has 9 nitrogen and oxygen atoms in total. The van der Waals surface area contributed by atoms with E-state index in [2.05, 4.69) is 0 Å². The maximum absolute atomic E-state index is 10.1. The van der Waals surface area contributed by atoms with E-state index in [0.717, 1.165) is 52.2 Å². The molecule has 0 aliphatic carbocycles. The molecule has 0 unspecified atom stereocenters. The Labute approximate surface area is 266 Å². The van der Waals surface area contributed by atoms with Gasteiger partial charge in [0.05, 0.1) is 39.2 Å². The van der Waals surface area contributed by atoms with Crippen molar-refractivity contribution in [3.05, 3.63) is 108 Å². The van der Waals surface area contributed by atoms with Gasteiger partial charge in [-0.15, -0.1) is 0 Å². The summed E-state index contributed by atoms with van der Waals surface area (Å²) in [6, 6.07) is 21.1. The standard InChI is InChI=1S/3C10H10O3.Ce/c3*1-13-9-5-2-8(3-6-9)4-7-10(11)12;/h3*2-7H,1H3,(H,11,12);/q;;;+3/p-3/b3*7-4+;. The van der Waals surface area contributed by atoms with Gasteiger partial charge < -0.3 is 43.9 Å². The summed E-state index contributed by atoms with van der Waals surface area (Å²) in [6.45, 7) is 0. The minimum atomic E-state index is -1.20. The summed E-state index contributed by atoms with van der Waals surface area (Å²) >= 11 is 0. The van der Waals surface area contributed by atoms with Crippen molar-refractivity contribution in [2.75, 3.05) is 21.3 Å². The van der Waals surface area contributed by atoms with Gasteiger partial charge in [-0.3, -0.25) is 0 Å². The first-order chi connectivity index (χ1) is 18.7. The first-order valence-corrected chi connectivity index (χ1v) is 11.3. The van der Waals surface area contributed by atoms with Gasteiger partial charge in [0.2, 0.25) is 0 Å². The normalized spacial score (nSPS) is 9.97. The van der Waals surface area contributed by atoms with E-state index in [-0.39, 0.29) is 41.7 Å². The van der Waals surface area contributed by atoms with Gasteiger partial charge in [0.25, 0.3) is 0 Å². The molecule has 0 saturated carbocycles.